The zero-order valence-electron chi connectivity index (χ0n) is 15.9. The maximum atomic E-state index is 13.2. The quantitative estimate of drug-likeness (QED) is 0.653. The van der Waals surface area contributed by atoms with Crippen molar-refractivity contribution in [2.45, 2.75) is 26.3 Å². The van der Waals surface area contributed by atoms with Crippen molar-refractivity contribution in [1.29, 1.82) is 0 Å². The Labute approximate surface area is 164 Å². The van der Waals surface area contributed by atoms with Gasteiger partial charge in [0, 0.05) is 30.9 Å². The Morgan fingerprint density at radius 2 is 1.96 bits per heavy atom. The summed E-state index contributed by atoms with van der Waals surface area (Å²) in [4.78, 5) is 23.7. The summed E-state index contributed by atoms with van der Waals surface area (Å²) in [5.41, 5.74) is 2.24. The van der Waals surface area contributed by atoms with Crippen LogP contribution in [-0.2, 0) is 6.54 Å². The van der Waals surface area contributed by atoms with Gasteiger partial charge < -0.3 is 14.4 Å². The second-order valence-corrected chi connectivity index (χ2v) is 6.82. The molecule has 0 N–H and O–H groups in total. The van der Waals surface area contributed by atoms with Crippen LogP contribution in [0.2, 0.25) is 0 Å². The van der Waals surface area contributed by atoms with Crippen molar-refractivity contribution in [2.75, 3.05) is 19.8 Å². The van der Waals surface area contributed by atoms with Gasteiger partial charge in [-0.15, -0.1) is 0 Å². The molecule has 0 radical (unpaired) electrons. The van der Waals surface area contributed by atoms with Gasteiger partial charge in [0.1, 0.15) is 18.9 Å². The Morgan fingerprint density at radius 1 is 1.11 bits per heavy atom. The topological polar surface area (TPSA) is 64.6 Å². The van der Waals surface area contributed by atoms with E-state index in [0.29, 0.717) is 32.0 Å². The van der Waals surface area contributed by atoms with Gasteiger partial charge in [-0.1, -0.05) is 19.4 Å². The van der Waals surface area contributed by atoms with Crippen LogP contribution in [0.3, 0.4) is 0 Å². The number of ether oxygens (including phenoxy) is 2. The molecular weight excluding hydrogens is 354 g/mol. The van der Waals surface area contributed by atoms with Crippen molar-refractivity contribution in [1.82, 2.24) is 14.9 Å². The first kappa shape index (κ1) is 18.2. The highest BCUT2D eigenvalue weighted by Crippen LogP contribution is 2.31. The number of nitrogens with zero attached hydrogens (tertiary/aromatic N) is 3. The fourth-order valence-corrected chi connectivity index (χ4v) is 3.25. The van der Waals surface area contributed by atoms with E-state index in [9.17, 15) is 4.79 Å². The molecule has 6 heteroatoms. The van der Waals surface area contributed by atoms with E-state index in [1.807, 2.05) is 35.2 Å². The van der Waals surface area contributed by atoms with Crippen LogP contribution in [0.15, 0.2) is 48.8 Å². The molecule has 0 saturated heterocycles. The molecule has 0 aliphatic carbocycles. The average molecular weight is 377 g/mol. The number of unbranched alkanes of at least 4 members (excludes halogenated alkanes) is 1. The number of rotatable bonds is 6. The monoisotopic (exact) mass is 377 g/mol. The van der Waals surface area contributed by atoms with Crippen molar-refractivity contribution < 1.29 is 14.3 Å². The largest absolute Gasteiger partial charge is 0.486 e. The van der Waals surface area contributed by atoms with Gasteiger partial charge in [0.15, 0.2) is 11.5 Å². The molecule has 1 amide bonds. The lowest BCUT2D eigenvalue weighted by atomic mass is 10.1. The van der Waals surface area contributed by atoms with Crippen molar-refractivity contribution in [3.63, 3.8) is 0 Å². The highest BCUT2D eigenvalue weighted by molar-refractivity contribution is 5.94. The second-order valence-electron chi connectivity index (χ2n) is 6.82. The van der Waals surface area contributed by atoms with Gasteiger partial charge in [-0.05, 0) is 42.3 Å². The summed E-state index contributed by atoms with van der Waals surface area (Å²) in [5, 5.41) is 0.922. The number of carbonyl (C=O) groups is 1. The van der Waals surface area contributed by atoms with E-state index in [1.54, 1.807) is 18.5 Å². The minimum Gasteiger partial charge on any atom is -0.486 e. The van der Waals surface area contributed by atoms with Gasteiger partial charge in [-0.25, -0.2) is 4.98 Å². The van der Waals surface area contributed by atoms with Crippen LogP contribution in [0, 0.1) is 0 Å². The molecule has 3 heterocycles. The minimum absolute atomic E-state index is 0.0675. The number of amides is 1. The highest BCUT2D eigenvalue weighted by Gasteiger charge is 2.19. The molecule has 1 aromatic carbocycles. The van der Waals surface area contributed by atoms with Crippen LogP contribution < -0.4 is 9.47 Å². The lowest BCUT2D eigenvalue weighted by Gasteiger charge is -2.24. The van der Waals surface area contributed by atoms with Gasteiger partial charge in [0.25, 0.3) is 5.91 Å². The lowest BCUT2D eigenvalue weighted by molar-refractivity contribution is 0.0735. The number of hydrogen-bond donors (Lipinski definition) is 0. The summed E-state index contributed by atoms with van der Waals surface area (Å²) < 4.78 is 11.3. The standard InChI is InChI=1S/C22H23N3O3/c1-2-3-10-25(15-16-4-7-20-21(13-16)28-12-11-27-20)22(26)19-6-5-17-14-23-9-8-18(17)24-19/h4-9,13-14H,2-3,10-12,15H2,1H3. The fraction of sp³-hybridized carbons (Fsp3) is 0.318. The van der Waals surface area contributed by atoms with Crippen LogP contribution in [0.5, 0.6) is 11.5 Å². The SMILES string of the molecule is CCCCN(Cc1ccc2c(c1)OCCO2)C(=O)c1ccc2cnccc2n1. The zero-order chi connectivity index (χ0) is 19.3. The third kappa shape index (κ3) is 3.91. The Balaban J connectivity index is 1.58. The van der Waals surface area contributed by atoms with Crippen LogP contribution >= 0.6 is 0 Å². The number of hydrogen-bond acceptors (Lipinski definition) is 5. The van der Waals surface area contributed by atoms with E-state index in [-0.39, 0.29) is 5.91 Å². The summed E-state index contributed by atoms with van der Waals surface area (Å²) in [6.07, 6.45) is 5.39. The normalized spacial score (nSPS) is 12.8. The van der Waals surface area contributed by atoms with E-state index < -0.39 is 0 Å². The maximum Gasteiger partial charge on any atom is 0.272 e. The minimum atomic E-state index is -0.0675. The van der Waals surface area contributed by atoms with Gasteiger partial charge in [-0.3, -0.25) is 9.78 Å². The first-order valence-corrected chi connectivity index (χ1v) is 9.63. The highest BCUT2D eigenvalue weighted by atomic mass is 16.6. The van der Waals surface area contributed by atoms with Crippen LogP contribution in [0.4, 0.5) is 0 Å². The summed E-state index contributed by atoms with van der Waals surface area (Å²) in [6, 6.07) is 11.3. The lowest BCUT2D eigenvalue weighted by Crippen LogP contribution is -2.32. The van der Waals surface area contributed by atoms with E-state index in [1.165, 1.54) is 0 Å². The molecule has 28 heavy (non-hydrogen) atoms. The van der Waals surface area contributed by atoms with E-state index in [4.69, 9.17) is 9.47 Å². The van der Waals surface area contributed by atoms with Gasteiger partial charge in [-0.2, -0.15) is 0 Å². The van der Waals surface area contributed by atoms with Crippen LogP contribution in [0.25, 0.3) is 10.9 Å². The number of pyridine rings is 2. The third-order valence-corrected chi connectivity index (χ3v) is 4.76. The van der Waals surface area contributed by atoms with E-state index >= 15 is 0 Å². The van der Waals surface area contributed by atoms with Gasteiger partial charge >= 0.3 is 0 Å². The second kappa shape index (κ2) is 8.25. The van der Waals surface area contributed by atoms with Crippen molar-refractivity contribution in [2.24, 2.45) is 0 Å². The molecule has 0 spiro atoms. The predicted molar refractivity (Wildman–Crippen MR) is 107 cm³/mol. The molecule has 1 aliphatic rings. The molecule has 1 aliphatic heterocycles. The molecule has 0 fully saturated rings. The molecule has 144 valence electrons. The van der Waals surface area contributed by atoms with Crippen molar-refractivity contribution in [3.05, 3.63) is 60.0 Å². The average Bonchev–Trinajstić information content (AvgIpc) is 2.75. The molecule has 0 atom stereocenters. The predicted octanol–water partition coefficient (Wildman–Crippen LogP) is 3.84. The van der Waals surface area contributed by atoms with Crippen LogP contribution in [-0.4, -0.2) is 40.5 Å². The zero-order valence-corrected chi connectivity index (χ0v) is 15.9. The Kier molecular flexibility index (Phi) is 5.37. The first-order valence-electron chi connectivity index (χ1n) is 9.63. The first-order chi connectivity index (χ1) is 13.7. The summed E-state index contributed by atoms with van der Waals surface area (Å²) in [6.45, 7) is 4.42. The molecule has 2 aromatic heterocycles. The molecule has 0 unspecified atom stereocenters. The molecule has 6 nitrogen and oxygen atoms in total. The Morgan fingerprint density at radius 3 is 2.82 bits per heavy atom. The summed E-state index contributed by atoms with van der Waals surface area (Å²) in [7, 11) is 0. The Hall–Kier alpha value is -3.15. The molecule has 0 bridgehead atoms. The number of aromatic nitrogens is 2. The van der Waals surface area contributed by atoms with E-state index in [0.717, 1.165) is 40.8 Å². The summed E-state index contributed by atoms with van der Waals surface area (Å²) in [5.74, 6) is 1.43. The number of fused-ring (bicyclic) bond motifs is 2. The fourth-order valence-electron chi connectivity index (χ4n) is 3.25. The van der Waals surface area contributed by atoms with Crippen molar-refractivity contribution >= 4 is 16.8 Å². The molecule has 0 saturated carbocycles. The van der Waals surface area contributed by atoms with Crippen molar-refractivity contribution in [3.8, 4) is 11.5 Å². The van der Waals surface area contributed by atoms with Gasteiger partial charge in [0.2, 0.25) is 0 Å². The third-order valence-electron chi connectivity index (χ3n) is 4.76. The maximum absolute atomic E-state index is 13.2. The van der Waals surface area contributed by atoms with Crippen LogP contribution in [0.1, 0.15) is 35.8 Å². The van der Waals surface area contributed by atoms with Gasteiger partial charge in [0.05, 0.1) is 5.52 Å². The molecular formula is C22H23N3O3. The smallest absolute Gasteiger partial charge is 0.272 e. The molecule has 3 aromatic rings. The van der Waals surface area contributed by atoms with E-state index in [2.05, 4.69) is 16.9 Å². The Bertz CT molecular complexity index is 990. The number of benzene rings is 1. The number of carbonyl (C=O) groups excluding carboxylic acids is 1. The molecule has 4 rings (SSSR count). The summed E-state index contributed by atoms with van der Waals surface area (Å²) >= 11 is 0.